The third-order valence-corrected chi connectivity index (χ3v) is 6.73. The summed E-state index contributed by atoms with van der Waals surface area (Å²) >= 11 is -0.503. The summed E-state index contributed by atoms with van der Waals surface area (Å²) in [5.41, 5.74) is 1.52. The lowest BCUT2D eigenvalue weighted by Crippen LogP contribution is -2.33. The minimum atomic E-state index is -0.503. The number of nitrogens with one attached hydrogen (secondary N) is 3. The maximum Gasteiger partial charge on any atom is 0.269 e. The van der Waals surface area contributed by atoms with Crippen molar-refractivity contribution in [2.75, 3.05) is 11.8 Å². The van der Waals surface area contributed by atoms with Gasteiger partial charge in [0, 0.05) is 30.2 Å². The molecule has 4 rings (SSSR count). The summed E-state index contributed by atoms with van der Waals surface area (Å²) in [6, 6.07) is 10.1. The van der Waals surface area contributed by atoms with E-state index in [9.17, 15) is 4.79 Å². The Balaban J connectivity index is 1.45. The van der Waals surface area contributed by atoms with Crippen molar-refractivity contribution < 1.29 is 9.53 Å². The molecule has 1 atom stereocenters. The zero-order chi connectivity index (χ0) is 17.9. The lowest BCUT2D eigenvalue weighted by molar-refractivity contribution is 0.0958. The van der Waals surface area contributed by atoms with Crippen molar-refractivity contribution >= 4 is 22.9 Å². The van der Waals surface area contributed by atoms with E-state index in [1.54, 1.807) is 25.4 Å². The van der Waals surface area contributed by atoms with Gasteiger partial charge in [0.25, 0.3) is 5.91 Å². The highest BCUT2D eigenvalue weighted by Gasteiger charge is 2.25. The average molecular weight is 372 g/mol. The molecule has 6 nitrogen and oxygen atoms in total. The van der Waals surface area contributed by atoms with Gasteiger partial charge >= 0.3 is 0 Å². The van der Waals surface area contributed by atoms with Crippen LogP contribution in [0, 0.1) is 0 Å². The van der Waals surface area contributed by atoms with E-state index in [0.717, 1.165) is 5.75 Å². The molecule has 3 N–H and O–H groups in total. The van der Waals surface area contributed by atoms with Gasteiger partial charge in [0.05, 0.1) is 5.69 Å². The van der Waals surface area contributed by atoms with E-state index < -0.39 is 11.3 Å². The van der Waals surface area contributed by atoms with Crippen molar-refractivity contribution in [2.45, 2.75) is 43.0 Å². The van der Waals surface area contributed by atoms with Crippen LogP contribution in [0.3, 0.4) is 0 Å². The molecule has 2 heterocycles. The smallest absolute Gasteiger partial charge is 0.269 e. The van der Waals surface area contributed by atoms with Crippen LogP contribution in [0.5, 0.6) is 11.5 Å². The fourth-order valence-electron chi connectivity index (χ4n) is 3.36. The summed E-state index contributed by atoms with van der Waals surface area (Å²) in [5, 5.41) is 2.57. The zero-order valence-electron chi connectivity index (χ0n) is 14.8. The van der Waals surface area contributed by atoms with E-state index in [0.29, 0.717) is 17.5 Å². The molecule has 0 bridgehead atoms. The van der Waals surface area contributed by atoms with Crippen LogP contribution < -0.4 is 19.5 Å². The third kappa shape index (κ3) is 3.64. The van der Waals surface area contributed by atoms with Gasteiger partial charge in [0.1, 0.15) is 17.2 Å². The molecule has 1 aliphatic carbocycles. The maximum absolute atomic E-state index is 11.7. The Kier molecular flexibility index (Phi) is 4.99. The van der Waals surface area contributed by atoms with Crippen LogP contribution in [0.15, 0.2) is 41.4 Å². The van der Waals surface area contributed by atoms with Gasteiger partial charge in [-0.05, 0) is 37.1 Å². The monoisotopic (exact) mass is 372 g/mol. The first-order valence-electron chi connectivity index (χ1n) is 9.06. The number of nitrogens with zero attached hydrogens (tertiary/aromatic N) is 1. The van der Waals surface area contributed by atoms with Crippen molar-refractivity contribution in [1.82, 2.24) is 15.0 Å². The SMILES string of the molecule is CNC(=O)c1cc(Oc2ccc3c(c2)[SH](NC2CCCCC2)N3)ccn1. The minimum Gasteiger partial charge on any atom is -0.457 e. The van der Waals surface area contributed by atoms with Crippen molar-refractivity contribution in [3.63, 3.8) is 0 Å². The van der Waals surface area contributed by atoms with Gasteiger partial charge in [-0.15, -0.1) is 0 Å². The van der Waals surface area contributed by atoms with Crippen molar-refractivity contribution in [1.29, 1.82) is 0 Å². The van der Waals surface area contributed by atoms with E-state index in [1.165, 1.54) is 42.7 Å². The number of aromatic nitrogens is 1. The number of amides is 1. The highest BCUT2D eigenvalue weighted by molar-refractivity contribution is 8.18. The summed E-state index contributed by atoms with van der Waals surface area (Å²) in [4.78, 5) is 17.1. The summed E-state index contributed by atoms with van der Waals surface area (Å²) in [6.45, 7) is 0. The molecule has 1 amide bonds. The molecule has 0 saturated heterocycles. The fourth-order valence-corrected chi connectivity index (χ4v) is 5.20. The van der Waals surface area contributed by atoms with E-state index in [2.05, 4.69) is 25.8 Å². The second-order valence-corrected chi connectivity index (χ2v) is 8.28. The van der Waals surface area contributed by atoms with Crippen LogP contribution in [0.1, 0.15) is 42.6 Å². The van der Waals surface area contributed by atoms with Gasteiger partial charge in [-0.25, -0.2) is 0 Å². The van der Waals surface area contributed by atoms with Gasteiger partial charge in [-0.3, -0.25) is 14.5 Å². The third-order valence-electron chi connectivity index (χ3n) is 4.79. The van der Waals surface area contributed by atoms with Crippen molar-refractivity contribution in [2.24, 2.45) is 0 Å². The Hall–Kier alpha value is -2.25. The molecule has 1 aliphatic heterocycles. The molecule has 7 heteroatoms. The number of carbonyl (C=O) groups excluding carboxylic acids is 1. The Morgan fingerprint density at radius 2 is 2.00 bits per heavy atom. The van der Waals surface area contributed by atoms with Crippen LogP contribution in [0.4, 0.5) is 5.69 Å². The highest BCUT2D eigenvalue weighted by atomic mass is 32.2. The number of rotatable bonds is 5. The minimum absolute atomic E-state index is 0.225. The summed E-state index contributed by atoms with van der Waals surface area (Å²) in [5.74, 6) is 1.16. The molecule has 1 aromatic carbocycles. The number of anilines is 1. The molecule has 0 spiro atoms. The van der Waals surface area contributed by atoms with Crippen LogP contribution in [-0.2, 0) is 0 Å². The highest BCUT2D eigenvalue weighted by Crippen LogP contribution is 2.51. The quantitative estimate of drug-likeness (QED) is 0.601. The number of fused-ring (bicyclic) bond motifs is 1. The molecule has 0 radical (unpaired) electrons. The normalized spacial score (nSPS) is 20.4. The topological polar surface area (TPSA) is 75.3 Å². The largest absolute Gasteiger partial charge is 0.457 e. The molecule has 138 valence electrons. The predicted octanol–water partition coefficient (Wildman–Crippen LogP) is 3.77. The van der Waals surface area contributed by atoms with E-state index in [1.807, 2.05) is 12.1 Å². The predicted molar refractivity (Wildman–Crippen MR) is 105 cm³/mol. The van der Waals surface area contributed by atoms with E-state index in [-0.39, 0.29) is 5.91 Å². The van der Waals surface area contributed by atoms with Gasteiger partial charge in [-0.2, -0.15) is 0 Å². The number of hydrogen-bond donors (Lipinski definition) is 4. The molecular formula is C19H24N4O2S. The van der Waals surface area contributed by atoms with Crippen molar-refractivity contribution in [3.8, 4) is 11.5 Å². The Morgan fingerprint density at radius 1 is 1.19 bits per heavy atom. The average Bonchev–Trinajstić information content (AvgIpc) is 2.68. The van der Waals surface area contributed by atoms with Crippen LogP contribution in [0.2, 0.25) is 0 Å². The number of thiol groups is 1. The summed E-state index contributed by atoms with van der Waals surface area (Å²) in [7, 11) is 1.59. The molecule has 2 aliphatic rings. The first-order valence-corrected chi connectivity index (χ1v) is 10.4. The Morgan fingerprint density at radius 3 is 2.81 bits per heavy atom. The molecule has 1 fully saturated rings. The maximum atomic E-state index is 11.7. The fraction of sp³-hybridized carbons (Fsp3) is 0.368. The molecule has 2 aromatic rings. The molecular weight excluding hydrogens is 348 g/mol. The number of carbonyl (C=O) groups is 1. The molecule has 1 unspecified atom stereocenters. The summed E-state index contributed by atoms with van der Waals surface area (Å²) in [6.07, 6.45) is 8.14. The van der Waals surface area contributed by atoms with Gasteiger partial charge in [-0.1, -0.05) is 30.5 Å². The lowest BCUT2D eigenvalue weighted by Gasteiger charge is -2.40. The number of hydrogen-bond acceptors (Lipinski definition) is 5. The van der Waals surface area contributed by atoms with Gasteiger partial charge in [0.2, 0.25) is 0 Å². The molecule has 1 saturated carbocycles. The number of pyridine rings is 1. The second kappa shape index (κ2) is 7.55. The second-order valence-electron chi connectivity index (χ2n) is 6.65. The Bertz CT molecular complexity index is 808. The van der Waals surface area contributed by atoms with Crippen LogP contribution >= 0.6 is 11.3 Å². The van der Waals surface area contributed by atoms with E-state index >= 15 is 0 Å². The standard InChI is InChI=1S/C19H24N4O2S/c1-20-19(24)17-11-15(9-10-21-17)25-14-7-8-16-18(12-14)26(23-16)22-13-5-3-2-4-6-13/h7-13,22-23,26H,2-6H2,1H3,(H,20,24). The van der Waals surface area contributed by atoms with Crippen molar-refractivity contribution in [3.05, 3.63) is 42.2 Å². The van der Waals surface area contributed by atoms with Crippen LogP contribution in [-0.4, -0.2) is 24.0 Å². The molecule has 26 heavy (non-hydrogen) atoms. The summed E-state index contributed by atoms with van der Waals surface area (Å²) < 4.78 is 13.3. The Labute approximate surface area is 156 Å². The lowest BCUT2D eigenvalue weighted by atomic mass is 9.96. The van der Waals surface area contributed by atoms with Gasteiger partial charge in [0.15, 0.2) is 0 Å². The molecule has 1 aromatic heterocycles. The van der Waals surface area contributed by atoms with Crippen LogP contribution in [0.25, 0.3) is 0 Å². The zero-order valence-corrected chi connectivity index (χ0v) is 15.7. The number of ether oxygens (including phenoxy) is 1. The first kappa shape index (κ1) is 17.2. The first-order chi connectivity index (χ1) is 12.7. The van der Waals surface area contributed by atoms with E-state index in [4.69, 9.17) is 4.74 Å². The number of benzene rings is 1. The van der Waals surface area contributed by atoms with Gasteiger partial charge < -0.3 is 14.8 Å².